The highest BCUT2D eigenvalue weighted by Crippen LogP contribution is 2.33. The highest BCUT2D eigenvalue weighted by molar-refractivity contribution is 7.10. The van der Waals surface area contributed by atoms with Crippen molar-refractivity contribution < 1.29 is 4.79 Å². The number of thiazole rings is 1. The largest absolute Gasteiger partial charge is 0.344 e. The number of hydrogen-bond acceptors (Lipinski definition) is 3. The zero-order valence-electron chi connectivity index (χ0n) is 13.3. The average molecular weight is 322 g/mol. The van der Waals surface area contributed by atoms with Crippen LogP contribution in [0.3, 0.4) is 0 Å². The lowest BCUT2D eigenvalue weighted by Gasteiger charge is -2.06. The summed E-state index contributed by atoms with van der Waals surface area (Å²) in [5.74, 6) is 0.152. The average Bonchev–Trinajstić information content (AvgIpc) is 3.20. The summed E-state index contributed by atoms with van der Waals surface area (Å²) in [5.41, 5.74) is 6.83. The summed E-state index contributed by atoms with van der Waals surface area (Å²) >= 11 is 1.60. The van der Waals surface area contributed by atoms with Crippen molar-refractivity contribution in [2.75, 3.05) is 0 Å². The second kappa shape index (κ2) is 5.46. The summed E-state index contributed by atoms with van der Waals surface area (Å²) in [4.78, 5) is 18.6. The molecule has 23 heavy (non-hydrogen) atoms. The maximum absolute atomic E-state index is 13.2. The van der Waals surface area contributed by atoms with Crippen LogP contribution >= 0.6 is 11.3 Å². The van der Waals surface area contributed by atoms with E-state index < -0.39 is 0 Å². The summed E-state index contributed by atoms with van der Waals surface area (Å²) in [6.45, 7) is 5.17. The first-order chi connectivity index (χ1) is 11.2. The van der Waals surface area contributed by atoms with Gasteiger partial charge >= 0.3 is 0 Å². The molecule has 4 heteroatoms. The summed E-state index contributed by atoms with van der Waals surface area (Å²) in [6.07, 6.45) is 3.72. The minimum Gasteiger partial charge on any atom is -0.344 e. The molecule has 0 amide bonds. The van der Waals surface area contributed by atoms with Crippen LogP contribution in [0.15, 0.2) is 35.3 Å². The van der Waals surface area contributed by atoms with Crippen molar-refractivity contribution in [2.24, 2.45) is 0 Å². The van der Waals surface area contributed by atoms with E-state index in [9.17, 15) is 4.79 Å². The molecule has 1 aromatic carbocycles. The lowest BCUT2D eigenvalue weighted by atomic mass is 10.00. The number of hydrogen-bond donors (Lipinski definition) is 0. The van der Waals surface area contributed by atoms with Crippen molar-refractivity contribution in [3.8, 4) is 0 Å². The van der Waals surface area contributed by atoms with Crippen LogP contribution in [0.25, 0.3) is 17.0 Å². The van der Waals surface area contributed by atoms with E-state index in [0.717, 1.165) is 51.3 Å². The SMILES string of the molecule is CCCn1c(C)c(C(=O)C2=Cc3scnc3C2)c2ccccc21. The van der Waals surface area contributed by atoms with Gasteiger partial charge in [-0.2, -0.15) is 0 Å². The second-order valence-electron chi connectivity index (χ2n) is 5.97. The van der Waals surface area contributed by atoms with E-state index in [0.29, 0.717) is 6.42 Å². The van der Waals surface area contributed by atoms with Gasteiger partial charge in [0.2, 0.25) is 0 Å². The molecule has 2 aromatic heterocycles. The van der Waals surface area contributed by atoms with Crippen LogP contribution in [0.4, 0.5) is 0 Å². The fourth-order valence-electron chi connectivity index (χ4n) is 3.45. The van der Waals surface area contributed by atoms with Gasteiger partial charge in [0.15, 0.2) is 5.78 Å². The van der Waals surface area contributed by atoms with Gasteiger partial charge in [-0.3, -0.25) is 4.79 Å². The molecular formula is C19H18N2OS. The lowest BCUT2D eigenvalue weighted by Crippen LogP contribution is -2.07. The Hall–Kier alpha value is -2.20. The quantitative estimate of drug-likeness (QED) is 0.656. The van der Waals surface area contributed by atoms with Crippen LogP contribution < -0.4 is 0 Å². The Morgan fingerprint density at radius 2 is 2.17 bits per heavy atom. The molecule has 3 aromatic rings. The summed E-state index contributed by atoms with van der Waals surface area (Å²) in [6, 6.07) is 8.22. The highest BCUT2D eigenvalue weighted by atomic mass is 32.1. The fourth-order valence-corrected chi connectivity index (χ4v) is 4.22. The minimum atomic E-state index is 0.152. The van der Waals surface area contributed by atoms with Crippen molar-refractivity contribution >= 4 is 34.1 Å². The third-order valence-corrected chi connectivity index (χ3v) is 5.35. The molecule has 3 nitrogen and oxygen atoms in total. The standard InChI is InChI=1S/C19H18N2OS/c1-3-8-21-12(2)18(14-6-4-5-7-16(14)21)19(22)13-9-15-17(10-13)23-11-20-15/h4-7,10-11H,3,8-9H2,1-2H3. The zero-order chi connectivity index (χ0) is 16.0. The molecular weight excluding hydrogens is 304 g/mol. The van der Waals surface area contributed by atoms with E-state index in [1.165, 1.54) is 0 Å². The van der Waals surface area contributed by atoms with Gasteiger partial charge in [0.1, 0.15) is 0 Å². The number of allylic oxidation sites excluding steroid dienone is 1. The van der Waals surface area contributed by atoms with Crippen LogP contribution in [0.1, 0.15) is 40.0 Å². The van der Waals surface area contributed by atoms with Crippen LogP contribution in [-0.4, -0.2) is 15.3 Å². The first-order valence-corrected chi connectivity index (χ1v) is 8.84. The van der Waals surface area contributed by atoms with E-state index in [-0.39, 0.29) is 5.78 Å². The molecule has 0 spiro atoms. The van der Waals surface area contributed by atoms with Crippen molar-refractivity contribution in [1.29, 1.82) is 0 Å². The van der Waals surface area contributed by atoms with Crippen LogP contribution in [0, 0.1) is 6.92 Å². The van der Waals surface area contributed by atoms with E-state index in [4.69, 9.17) is 0 Å². The minimum absolute atomic E-state index is 0.152. The van der Waals surface area contributed by atoms with Gasteiger partial charge < -0.3 is 4.57 Å². The van der Waals surface area contributed by atoms with Crippen LogP contribution in [0.5, 0.6) is 0 Å². The lowest BCUT2D eigenvalue weighted by molar-refractivity contribution is 0.103. The molecule has 0 saturated carbocycles. The van der Waals surface area contributed by atoms with Gasteiger partial charge in [0.05, 0.1) is 21.6 Å². The Kier molecular flexibility index (Phi) is 3.42. The van der Waals surface area contributed by atoms with Gasteiger partial charge in [-0.25, -0.2) is 4.98 Å². The summed E-state index contributed by atoms with van der Waals surface area (Å²) in [5, 5.41) is 1.06. The number of aryl methyl sites for hydroxylation is 1. The second-order valence-corrected chi connectivity index (χ2v) is 6.85. The molecule has 0 radical (unpaired) electrons. The van der Waals surface area contributed by atoms with E-state index in [2.05, 4.69) is 35.5 Å². The number of para-hydroxylation sites is 1. The van der Waals surface area contributed by atoms with E-state index >= 15 is 0 Å². The molecule has 0 N–H and O–H groups in total. The molecule has 1 aliphatic carbocycles. The smallest absolute Gasteiger partial charge is 0.191 e. The molecule has 0 saturated heterocycles. The third-order valence-electron chi connectivity index (χ3n) is 4.53. The van der Waals surface area contributed by atoms with Gasteiger partial charge in [0.25, 0.3) is 0 Å². The molecule has 2 heterocycles. The summed E-state index contributed by atoms with van der Waals surface area (Å²) < 4.78 is 2.27. The first kappa shape index (κ1) is 14.4. The van der Waals surface area contributed by atoms with Gasteiger partial charge in [0, 0.05) is 35.1 Å². The first-order valence-electron chi connectivity index (χ1n) is 7.96. The molecule has 0 aliphatic heterocycles. The zero-order valence-corrected chi connectivity index (χ0v) is 14.1. The van der Waals surface area contributed by atoms with Crippen molar-refractivity contribution in [2.45, 2.75) is 33.2 Å². The number of Topliss-reactive ketones (excluding diaryl/α,β-unsaturated/α-hetero) is 1. The fraction of sp³-hybridized carbons (Fsp3) is 0.263. The molecule has 1 aliphatic rings. The van der Waals surface area contributed by atoms with E-state index in [1.54, 1.807) is 11.3 Å². The van der Waals surface area contributed by atoms with Gasteiger partial charge in [-0.1, -0.05) is 25.1 Å². The molecule has 0 fully saturated rings. The molecule has 0 atom stereocenters. The Morgan fingerprint density at radius 3 is 2.96 bits per heavy atom. The number of aromatic nitrogens is 2. The number of rotatable bonds is 4. The molecule has 0 bridgehead atoms. The molecule has 116 valence electrons. The number of carbonyl (C=O) groups excluding carboxylic acids is 1. The van der Waals surface area contributed by atoms with Crippen LogP contribution in [-0.2, 0) is 13.0 Å². The van der Waals surface area contributed by atoms with Crippen molar-refractivity contribution in [3.63, 3.8) is 0 Å². The summed E-state index contributed by atoms with van der Waals surface area (Å²) in [7, 11) is 0. The Labute approximate surface area is 139 Å². The maximum Gasteiger partial charge on any atom is 0.191 e. The van der Waals surface area contributed by atoms with E-state index in [1.807, 2.05) is 23.7 Å². The Balaban J connectivity index is 1.84. The number of fused-ring (bicyclic) bond motifs is 2. The van der Waals surface area contributed by atoms with Gasteiger partial charge in [-0.05, 0) is 25.5 Å². The van der Waals surface area contributed by atoms with Gasteiger partial charge in [-0.15, -0.1) is 11.3 Å². The predicted molar refractivity (Wildman–Crippen MR) is 95.1 cm³/mol. The highest BCUT2D eigenvalue weighted by Gasteiger charge is 2.26. The number of nitrogens with zero attached hydrogens (tertiary/aromatic N) is 2. The Morgan fingerprint density at radius 1 is 1.35 bits per heavy atom. The monoisotopic (exact) mass is 322 g/mol. The van der Waals surface area contributed by atoms with Crippen molar-refractivity contribution in [3.05, 3.63) is 57.2 Å². The molecule has 4 rings (SSSR count). The number of ketones is 1. The predicted octanol–water partition coefficient (Wildman–Crippen LogP) is 4.64. The maximum atomic E-state index is 13.2. The van der Waals surface area contributed by atoms with Crippen molar-refractivity contribution in [1.82, 2.24) is 9.55 Å². The topological polar surface area (TPSA) is 34.9 Å². The van der Waals surface area contributed by atoms with Crippen LogP contribution in [0.2, 0.25) is 0 Å². The molecule has 0 unspecified atom stereocenters. The number of benzene rings is 1. The third kappa shape index (κ3) is 2.17. The normalized spacial score (nSPS) is 13.4. The number of carbonyl (C=O) groups is 1. The Bertz CT molecular complexity index is 946.